The Morgan fingerprint density at radius 2 is 1.90 bits per heavy atom. The summed E-state index contributed by atoms with van der Waals surface area (Å²) < 4.78 is 5.18. The van der Waals surface area contributed by atoms with E-state index in [0.29, 0.717) is 15.6 Å². The molecule has 0 heterocycles. The average Bonchev–Trinajstić information content (AvgIpc) is 2.45. The van der Waals surface area contributed by atoms with Gasteiger partial charge in [0.1, 0.15) is 12.2 Å². The SMILES string of the molecule is CNC(=O)OC(CCC(O)C(O)O)c1ccc(Cl)c(Cl)c1. The first-order valence-electron chi connectivity index (χ1n) is 6.22. The minimum atomic E-state index is -1.85. The van der Waals surface area contributed by atoms with Gasteiger partial charge in [-0.3, -0.25) is 0 Å². The van der Waals surface area contributed by atoms with Crippen LogP contribution in [0, 0.1) is 0 Å². The van der Waals surface area contributed by atoms with Crippen molar-refractivity contribution in [2.24, 2.45) is 0 Å². The largest absolute Gasteiger partial charge is 0.441 e. The molecular formula is C13H17Cl2NO5. The van der Waals surface area contributed by atoms with Crippen LogP contribution in [-0.4, -0.2) is 40.9 Å². The number of rotatable bonds is 6. The first kappa shape index (κ1) is 18.0. The first-order valence-corrected chi connectivity index (χ1v) is 6.98. The second-order valence-corrected chi connectivity index (χ2v) is 5.19. The number of halogens is 2. The molecule has 0 aliphatic carbocycles. The van der Waals surface area contributed by atoms with Crippen molar-refractivity contribution in [1.29, 1.82) is 0 Å². The molecule has 8 heteroatoms. The molecule has 0 aliphatic rings. The summed E-state index contributed by atoms with van der Waals surface area (Å²) >= 11 is 11.8. The van der Waals surface area contributed by atoms with Crippen molar-refractivity contribution in [3.8, 4) is 0 Å². The summed E-state index contributed by atoms with van der Waals surface area (Å²) in [7, 11) is 1.42. The highest BCUT2D eigenvalue weighted by molar-refractivity contribution is 6.42. The number of benzene rings is 1. The van der Waals surface area contributed by atoms with E-state index >= 15 is 0 Å². The van der Waals surface area contributed by atoms with Crippen molar-refractivity contribution in [1.82, 2.24) is 5.32 Å². The quantitative estimate of drug-likeness (QED) is 0.593. The van der Waals surface area contributed by atoms with E-state index in [1.165, 1.54) is 7.05 Å². The smallest absolute Gasteiger partial charge is 0.407 e. The number of nitrogens with one attached hydrogen (secondary N) is 1. The molecule has 0 bridgehead atoms. The molecule has 0 saturated heterocycles. The van der Waals surface area contributed by atoms with E-state index in [1.54, 1.807) is 18.2 Å². The van der Waals surface area contributed by atoms with Crippen LogP contribution in [0.4, 0.5) is 4.79 Å². The Balaban J connectivity index is 2.85. The molecule has 21 heavy (non-hydrogen) atoms. The molecule has 0 saturated carbocycles. The van der Waals surface area contributed by atoms with Crippen molar-refractivity contribution in [3.05, 3.63) is 33.8 Å². The second kappa shape index (κ2) is 8.41. The number of aliphatic hydroxyl groups excluding tert-OH is 2. The number of amides is 1. The van der Waals surface area contributed by atoms with Gasteiger partial charge in [0.2, 0.25) is 0 Å². The van der Waals surface area contributed by atoms with Crippen LogP contribution in [-0.2, 0) is 4.74 Å². The van der Waals surface area contributed by atoms with E-state index in [2.05, 4.69) is 5.32 Å². The van der Waals surface area contributed by atoms with Crippen LogP contribution in [0.25, 0.3) is 0 Å². The maximum absolute atomic E-state index is 11.4. The molecule has 1 aromatic rings. The molecule has 4 N–H and O–H groups in total. The molecule has 6 nitrogen and oxygen atoms in total. The zero-order valence-corrected chi connectivity index (χ0v) is 12.8. The summed E-state index contributed by atoms with van der Waals surface area (Å²) in [6.45, 7) is 0. The van der Waals surface area contributed by atoms with E-state index in [-0.39, 0.29) is 12.8 Å². The maximum atomic E-state index is 11.4. The van der Waals surface area contributed by atoms with Gasteiger partial charge in [0.25, 0.3) is 0 Å². The fourth-order valence-corrected chi connectivity index (χ4v) is 1.97. The highest BCUT2D eigenvalue weighted by Crippen LogP contribution is 2.30. The van der Waals surface area contributed by atoms with Crippen molar-refractivity contribution >= 4 is 29.3 Å². The van der Waals surface area contributed by atoms with Gasteiger partial charge in [0.15, 0.2) is 6.29 Å². The summed E-state index contributed by atoms with van der Waals surface area (Å²) in [6.07, 6.45) is -4.31. The van der Waals surface area contributed by atoms with E-state index < -0.39 is 24.6 Å². The third-order valence-electron chi connectivity index (χ3n) is 2.84. The summed E-state index contributed by atoms with van der Waals surface area (Å²) in [5.41, 5.74) is 0.590. The molecule has 0 spiro atoms. The Morgan fingerprint density at radius 3 is 2.43 bits per heavy atom. The Bertz CT molecular complexity index is 484. The Labute approximate surface area is 132 Å². The lowest BCUT2D eigenvalue weighted by atomic mass is 10.0. The predicted octanol–water partition coefficient (Wildman–Crippen LogP) is 1.84. The minimum absolute atomic E-state index is 0.0274. The van der Waals surface area contributed by atoms with E-state index in [0.717, 1.165) is 0 Å². The van der Waals surface area contributed by atoms with E-state index in [9.17, 15) is 9.90 Å². The topological polar surface area (TPSA) is 99.0 Å². The Morgan fingerprint density at radius 1 is 1.24 bits per heavy atom. The number of hydrogen-bond donors (Lipinski definition) is 4. The number of alkyl carbamates (subject to hydrolysis) is 1. The Kier molecular flexibility index (Phi) is 7.21. The third kappa shape index (κ3) is 5.68. The molecule has 2 unspecified atom stereocenters. The monoisotopic (exact) mass is 337 g/mol. The van der Waals surface area contributed by atoms with Crippen LogP contribution in [0.2, 0.25) is 10.0 Å². The number of carbonyl (C=O) groups is 1. The van der Waals surface area contributed by atoms with Crippen LogP contribution in [0.1, 0.15) is 24.5 Å². The Hall–Kier alpha value is -1.05. The average molecular weight is 338 g/mol. The predicted molar refractivity (Wildman–Crippen MR) is 78.2 cm³/mol. The molecule has 0 radical (unpaired) electrons. The molecule has 2 atom stereocenters. The van der Waals surface area contributed by atoms with Crippen LogP contribution >= 0.6 is 23.2 Å². The summed E-state index contributed by atoms with van der Waals surface area (Å²) in [5.74, 6) is 0. The van der Waals surface area contributed by atoms with Gasteiger partial charge in [0.05, 0.1) is 10.0 Å². The number of ether oxygens (including phenoxy) is 1. The number of hydrogen-bond acceptors (Lipinski definition) is 5. The molecule has 1 rings (SSSR count). The molecule has 1 amide bonds. The fourth-order valence-electron chi connectivity index (χ4n) is 1.67. The van der Waals surface area contributed by atoms with Gasteiger partial charge in [-0.1, -0.05) is 29.3 Å². The third-order valence-corrected chi connectivity index (χ3v) is 3.58. The zero-order chi connectivity index (χ0) is 16.0. The van der Waals surface area contributed by atoms with E-state index in [4.69, 9.17) is 38.2 Å². The molecular weight excluding hydrogens is 321 g/mol. The summed E-state index contributed by atoms with van der Waals surface area (Å²) in [5, 5.41) is 30.1. The standard InChI is InChI=1S/C13H17Cl2NO5/c1-16-13(20)21-11(5-4-10(17)12(18)19)7-2-3-8(14)9(15)6-7/h2-3,6,10-12,17-19H,4-5H2,1H3,(H,16,20). The lowest BCUT2D eigenvalue weighted by molar-refractivity contribution is -0.126. The normalized spacial score (nSPS) is 13.9. The molecule has 118 valence electrons. The fraction of sp³-hybridized carbons (Fsp3) is 0.462. The molecule has 0 fully saturated rings. The molecule has 0 aromatic heterocycles. The highest BCUT2D eigenvalue weighted by atomic mass is 35.5. The van der Waals surface area contributed by atoms with Crippen molar-refractivity contribution < 1.29 is 24.9 Å². The van der Waals surface area contributed by atoms with Gasteiger partial charge in [-0.2, -0.15) is 0 Å². The molecule has 0 aliphatic heterocycles. The first-order chi connectivity index (χ1) is 9.85. The van der Waals surface area contributed by atoms with Crippen molar-refractivity contribution in [3.63, 3.8) is 0 Å². The van der Waals surface area contributed by atoms with Gasteiger partial charge in [-0.05, 0) is 30.5 Å². The maximum Gasteiger partial charge on any atom is 0.407 e. The second-order valence-electron chi connectivity index (χ2n) is 4.38. The van der Waals surface area contributed by atoms with E-state index in [1.807, 2.05) is 0 Å². The van der Waals surface area contributed by atoms with Gasteiger partial charge < -0.3 is 25.4 Å². The van der Waals surface area contributed by atoms with Crippen LogP contribution < -0.4 is 5.32 Å². The minimum Gasteiger partial charge on any atom is -0.441 e. The van der Waals surface area contributed by atoms with Crippen LogP contribution in [0.5, 0.6) is 0 Å². The molecule has 1 aromatic carbocycles. The van der Waals surface area contributed by atoms with Crippen molar-refractivity contribution in [2.75, 3.05) is 7.05 Å². The lowest BCUT2D eigenvalue weighted by Crippen LogP contribution is -2.27. The summed E-state index contributed by atoms with van der Waals surface area (Å²) in [4.78, 5) is 11.4. The van der Waals surface area contributed by atoms with Gasteiger partial charge >= 0.3 is 6.09 Å². The highest BCUT2D eigenvalue weighted by Gasteiger charge is 2.21. The zero-order valence-electron chi connectivity index (χ0n) is 11.3. The summed E-state index contributed by atoms with van der Waals surface area (Å²) in [6, 6.07) is 4.76. The van der Waals surface area contributed by atoms with Gasteiger partial charge in [-0.25, -0.2) is 4.79 Å². The lowest BCUT2D eigenvalue weighted by Gasteiger charge is -2.20. The van der Waals surface area contributed by atoms with Gasteiger partial charge in [-0.15, -0.1) is 0 Å². The van der Waals surface area contributed by atoms with Crippen molar-refractivity contribution in [2.45, 2.75) is 31.3 Å². The van der Waals surface area contributed by atoms with Gasteiger partial charge in [0, 0.05) is 7.05 Å². The van der Waals surface area contributed by atoms with Crippen LogP contribution in [0.3, 0.4) is 0 Å². The number of carbonyl (C=O) groups excluding carboxylic acids is 1. The van der Waals surface area contributed by atoms with Crippen LogP contribution in [0.15, 0.2) is 18.2 Å². The number of aliphatic hydroxyl groups is 3.